The second-order valence-corrected chi connectivity index (χ2v) is 6.43. The molecule has 7 heteroatoms. The number of nitrogens with zero attached hydrogens (tertiary/aromatic N) is 3. The third-order valence-corrected chi connectivity index (χ3v) is 4.60. The van der Waals surface area contributed by atoms with Gasteiger partial charge in [-0.1, -0.05) is 6.92 Å². The molecular weight excluding hydrogens is 332 g/mol. The summed E-state index contributed by atoms with van der Waals surface area (Å²) in [5.41, 5.74) is 1.06. The molecule has 3 rings (SSSR count). The lowest BCUT2D eigenvalue weighted by atomic mass is 9.99. The predicted molar refractivity (Wildman–Crippen MR) is 99.2 cm³/mol. The van der Waals surface area contributed by atoms with Gasteiger partial charge in [0.25, 0.3) is 5.91 Å². The van der Waals surface area contributed by atoms with Crippen molar-refractivity contribution in [2.24, 2.45) is 5.92 Å². The first-order valence-electron chi connectivity index (χ1n) is 8.72. The molecular formula is C19H24N4O3. The normalized spacial score (nSPS) is 14.8. The maximum Gasteiger partial charge on any atom is 0.272 e. The number of aromatic nitrogens is 2. The molecule has 1 aromatic heterocycles. The van der Waals surface area contributed by atoms with E-state index >= 15 is 0 Å². The summed E-state index contributed by atoms with van der Waals surface area (Å²) >= 11 is 0. The summed E-state index contributed by atoms with van der Waals surface area (Å²) in [6.07, 6.45) is 3.65. The molecule has 0 bridgehead atoms. The number of nitrogens with one attached hydrogen (secondary N) is 1. The van der Waals surface area contributed by atoms with E-state index in [9.17, 15) is 4.79 Å². The molecule has 1 aliphatic heterocycles. The number of ether oxygens (including phenoxy) is 2. The summed E-state index contributed by atoms with van der Waals surface area (Å²) in [4.78, 5) is 23.2. The van der Waals surface area contributed by atoms with E-state index in [1.165, 1.54) is 0 Å². The molecule has 2 heterocycles. The van der Waals surface area contributed by atoms with E-state index in [4.69, 9.17) is 9.47 Å². The Morgan fingerprint density at radius 3 is 2.65 bits per heavy atom. The zero-order valence-electron chi connectivity index (χ0n) is 15.4. The summed E-state index contributed by atoms with van der Waals surface area (Å²) in [6, 6.07) is 7.05. The molecule has 1 saturated heterocycles. The third-order valence-electron chi connectivity index (χ3n) is 4.60. The number of piperidine rings is 1. The van der Waals surface area contributed by atoms with Crippen molar-refractivity contribution in [3.05, 3.63) is 36.2 Å². The van der Waals surface area contributed by atoms with Gasteiger partial charge in [-0.2, -0.15) is 0 Å². The van der Waals surface area contributed by atoms with E-state index in [2.05, 4.69) is 22.2 Å². The second kappa shape index (κ2) is 8.03. The van der Waals surface area contributed by atoms with Crippen molar-refractivity contribution in [3.63, 3.8) is 0 Å². The lowest BCUT2D eigenvalue weighted by Crippen LogP contribution is -2.38. The van der Waals surface area contributed by atoms with Crippen LogP contribution in [0.4, 0.5) is 11.6 Å². The van der Waals surface area contributed by atoms with Crippen LogP contribution in [0.5, 0.6) is 11.5 Å². The quantitative estimate of drug-likeness (QED) is 0.887. The number of benzene rings is 1. The first-order valence-corrected chi connectivity index (χ1v) is 8.72. The van der Waals surface area contributed by atoms with Gasteiger partial charge in [-0.05, 0) is 37.0 Å². The number of hydrogen-bond donors (Lipinski definition) is 1. The number of amides is 1. The average Bonchev–Trinajstić information content (AvgIpc) is 2.68. The van der Waals surface area contributed by atoms with Gasteiger partial charge in [0.2, 0.25) is 5.95 Å². The average molecular weight is 356 g/mol. The van der Waals surface area contributed by atoms with Gasteiger partial charge in [0.05, 0.1) is 19.9 Å². The van der Waals surface area contributed by atoms with E-state index < -0.39 is 0 Å². The zero-order valence-corrected chi connectivity index (χ0v) is 15.4. The monoisotopic (exact) mass is 356 g/mol. The van der Waals surface area contributed by atoms with Crippen LogP contribution in [0.1, 0.15) is 30.3 Å². The molecule has 1 aliphatic rings. The Labute approximate surface area is 153 Å². The van der Waals surface area contributed by atoms with Gasteiger partial charge in [-0.3, -0.25) is 4.79 Å². The van der Waals surface area contributed by atoms with Gasteiger partial charge in [0.15, 0.2) is 0 Å². The van der Waals surface area contributed by atoms with Crippen LogP contribution in [0.3, 0.4) is 0 Å². The summed E-state index contributed by atoms with van der Waals surface area (Å²) in [5, 5.41) is 3.11. The molecule has 1 aromatic carbocycles. The Morgan fingerprint density at radius 1 is 1.19 bits per heavy atom. The highest BCUT2D eigenvalue weighted by atomic mass is 16.5. The van der Waals surface area contributed by atoms with Gasteiger partial charge < -0.3 is 19.7 Å². The molecule has 1 amide bonds. The molecule has 0 atom stereocenters. The molecule has 1 fully saturated rings. The van der Waals surface area contributed by atoms with Crippen molar-refractivity contribution < 1.29 is 14.3 Å². The van der Waals surface area contributed by atoms with Crippen molar-refractivity contribution >= 4 is 17.5 Å². The molecule has 0 radical (unpaired) electrons. The van der Waals surface area contributed by atoms with Crippen molar-refractivity contribution in [2.75, 3.05) is 32.6 Å². The number of carbonyl (C=O) groups is 1. The van der Waals surface area contributed by atoms with Gasteiger partial charge in [-0.15, -0.1) is 0 Å². The van der Waals surface area contributed by atoms with Gasteiger partial charge >= 0.3 is 0 Å². The predicted octanol–water partition coefficient (Wildman–Crippen LogP) is 3.11. The Balaban J connectivity index is 1.78. The van der Waals surface area contributed by atoms with E-state index in [-0.39, 0.29) is 5.91 Å². The maximum absolute atomic E-state index is 12.7. The highest BCUT2D eigenvalue weighted by molar-refractivity contribution is 5.92. The molecule has 0 aliphatic carbocycles. The van der Waals surface area contributed by atoms with Crippen LogP contribution < -0.4 is 14.8 Å². The van der Waals surface area contributed by atoms with Crippen molar-refractivity contribution in [1.29, 1.82) is 0 Å². The standard InChI is InChI=1S/C19H24N4O3/c1-13-7-10-23(11-8-13)18(24)15-6-9-20-19(21-15)22-16-12-14(25-2)4-5-17(16)26-3/h4-6,9,12-13H,7-8,10-11H2,1-3H3,(H,20,21,22). The molecule has 7 nitrogen and oxygen atoms in total. The summed E-state index contributed by atoms with van der Waals surface area (Å²) in [5.74, 6) is 2.27. The molecule has 0 unspecified atom stereocenters. The maximum atomic E-state index is 12.7. The Bertz CT molecular complexity index is 773. The zero-order chi connectivity index (χ0) is 18.5. The fraction of sp³-hybridized carbons (Fsp3) is 0.421. The minimum Gasteiger partial charge on any atom is -0.497 e. The van der Waals surface area contributed by atoms with Crippen molar-refractivity contribution in [2.45, 2.75) is 19.8 Å². The van der Waals surface area contributed by atoms with Crippen LogP contribution in [-0.2, 0) is 0 Å². The summed E-state index contributed by atoms with van der Waals surface area (Å²) in [6.45, 7) is 3.77. The Hall–Kier alpha value is -2.83. The first kappa shape index (κ1) is 18.0. The van der Waals surface area contributed by atoms with Crippen LogP contribution in [0.15, 0.2) is 30.5 Å². The molecule has 0 spiro atoms. The number of carbonyl (C=O) groups excluding carboxylic acids is 1. The van der Waals surface area contributed by atoms with E-state index in [0.717, 1.165) is 25.9 Å². The highest BCUT2D eigenvalue weighted by Gasteiger charge is 2.22. The lowest BCUT2D eigenvalue weighted by molar-refractivity contribution is 0.0691. The van der Waals surface area contributed by atoms with Crippen LogP contribution in [0.25, 0.3) is 0 Å². The third kappa shape index (κ3) is 4.04. The van der Waals surface area contributed by atoms with Gasteiger partial charge in [0, 0.05) is 25.4 Å². The summed E-state index contributed by atoms with van der Waals surface area (Å²) < 4.78 is 10.6. The van der Waals surface area contributed by atoms with E-state index in [1.807, 2.05) is 11.0 Å². The smallest absolute Gasteiger partial charge is 0.272 e. The molecule has 1 N–H and O–H groups in total. The summed E-state index contributed by atoms with van der Waals surface area (Å²) in [7, 11) is 3.19. The van der Waals surface area contributed by atoms with Gasteiger partial charge in [0.1, 0.15) is 17.2 Å². The topological polar surface area (TPSA) is 76.6 Å². The molecule has 0 saturated carbocycles. The number of hydrogen-bond acceptors (Lipinski definition) is 6. The number of methoxy groups -OCH3 is 2. The van der Waals surface area contributed by atoms with Crippen LogP contribution in [-0.4, -0.2) is 48.1 Å². The van der Waals surface area contributed by atoms with Crippen LogP contribution in [0.2, 0.25) is 0 Å². The SMILES string of the molecule is COc1ccc(OC)c(Nc2nccc(C(=O)N3CCC(C)CC3)n2)c1. The first-order chi connectivity index (χ1) is 12.6. The lowest BCUT2D eigenvalue weighted by Gasteiger charge is -2.30. The van der Waals surface area contributed by atoms with Crippen molar-refractivity contribution in [3.8, 4) is 11.5 Å². The molecule has 138 valence electrons. The molecule has 26 heavy (non-hydrogen) atoms. The van der Waals surface area contributed by atoms with Crippen LogP contribution >= 0.6 is 0 Å². The van der Waals surface area contributed by atoms with E-state index in [0.29, 0.717) is 34.7 Å². The van der Waals surface area contributed by atoms with E-state index in [1.54, 1.807) is 38.6 Å². The minimum absolute atomic E-state index is 0.0556. The van der Waals surface area contributed by atoms with Gasteiger partial charge in [-0.25, -0.2) is 9.97 Å². The highest BCUT2D eigenvalue weighted by Crippen LogP contribution is 2.30. The number of anilines is 2. The molecule has 2 aromatic rings. The fourth-order valence-corrected chi connectivity index (χ4v) is 2.94. The number of likely N-dealkylation sites (tertiary alicyclic amines) is 1. The number of rotatable bonds is 5. The largest absolute Gasteiger partial charge is 0.497 e. The van der Waals surface area contributed by atoms with Crippen LogP contribution in [0, 0.1) is 5.92 Å². The minimum atomic E-state index is -0.0556. The Morgan fingerprint density at radius 2 is 1.96 bits per heavy atom. The second-order valence-electron chi connectivity index (χ2n) is 6.43. The van der Waals surface area contributed by atoms with Crippen molar-refractivity contribution in [1.82, 2.24) is 14.9 Å². The Kier molecular flexibility index (Phi) is 5.55. The fourth-order valence-electron chi connectivity index (χ4n) is 2.94.